The van der Waals surface area contributed by atoms with Crippen LogP contribution in [-0.2, 0) is 46.3 Å². The van der Waals surface area contributed by atoms with Gasteiger partial charge in [0.25, 0.3) is 0 Å². The number of unbranched alkanes of at least 4 members (excludes halogenated alkanes) is 5. The summed E-state index contributed by atoms with van der Waals surface area (Å²) in [6.45, 7) is -0.00102. The molecule has 0 saturated heterocycles. The van der Waals surface area contributed by atoms with Crippen molar-refractivity contribution in [1.29, 1.82) is 0 Å². The van der Waals surface area contributed by atoms with Crippen molar-refractivity contribution >= 4 is 27.6 Å². The van der Waals surface area contributed by atoms with E-state index in [4.69, 9.17) is 9.47 Å². The van der Waals surface area contributed by atoms with Crippen LogP contribution in [0.25, 0.3) is 0 Å². The minimum Gasteiger partial charge on any atom is -0.463 e. The number of allylic oxidation sites excluding steroid dienone is 20. The Morgan fingerprint density at radius 3 is 1.21 bits per heavy atom. The van der Waals surface area contributed by atoms with Crippen molar-refractivity contribution in [2.24, 2.45) is 0 Å². The van der Waals surface area contributed by atoms with Gasteiger partial charge < -0.3 is 34.6 Å². The first-order chi connectivity index (χ1) is 31.8. The summed E-state index contributed by atoms with van der Waals surface area (Å²) < 4.78 is 52.8. The third-order valence-corrected chi connectivity index (χ3v) is 10.4. The summed E-state index contributed by atoms with van der Waals surface area (Å²) in [6, 6.07) is 0. The molecule has 0 fully saturated rings. The van der Waals surface area contributed by atoms with Gasteiger partial charge in [-0.2, -0.15) is 0 Å². The second-order valence-electron chi connectivity index (χ2n) is 14.7. The summed E-state index contributed by atoms with van der Waals surface area (Å²) in [6.07, 6.45) is 49.2. The van der Waals surface area contributed by atoms with Crippen LogP contribution in [-0.4, -0.2) is 95.0 Å². The first-order valence-corrected chi connectivity index (χ1v) is 25.9. The Kier molecular flexibility index (Phi) is 41.6. The van der Waals surface area contributed by atoms with Crippen molar-refractivity contribution in [2.45, 2.75) is 135 Å². The summed E-state index contributed by atoms with van der Waals surface area (Å²) in [4.78, 5) is 43.7. The Hall–Kier alpha value is -3.56. The molecule has 0 aromatic heterocycles. The highest BCUT2D eigenvalue weighted by atomic mass is 31.2. The van der Waals surface area contributed by atoms with Gasteiger partial charge in [0.05, 0.1) is 26.4 Å². The SMILES string of the molecule is CC/C=C\C/C=C\C/C=C\C/C=C\C/C=C\C/C=C\CCC(=O)OCC(O)COP(=O)(O)OCC(O)COP(=O)(O)OCC(O)COC(=O)CCCCCCC\C=C/C=C/C=C/C=C/CC. The Balaban J connectivity index is 4.03. The maximum Gasteiger partial charge on any atom is 0.472 e. The van der Waals surface area contributed by atoms with E-state index in [9.17, 15) is 43.8 Å². The molecule has 0 rings (SSSR count). The normalized spacial score (nSPS) is 16.2. The smallest absolute Gasteiger partial charge is 0.463 e. The third kappa shape index (κ3) is 45.6. The largest absolute Gasteiger partial charge is 0.472 e. The molecule has 0 spiro atoms. The number of aliphatic hydroxyl groups excluding tert-OH is 3. The molecule has 0 bridgehead atoms. The van der Waals surface area contributed by atoms with Gasteiger partial charge in [0.1, 0.15) is 31.5 Å². The number of carbonyl (C=O) groups excluding carboxylic acids is 2. The van der Waals surface area contributed by atoms with Gasteiger partial charge in [-0.3, -0.25) is 27.7 Å². The molecule has 0 aromatic carbocycles. The van der Waals surface area contributed by atoms with Crippen molar-refractivity contribution in [1.82, 2.24) is 0 Å². The summed E-state index contributed by atoms with van der Waals surface area (Å²) in [5, 5.41) is 30.0. The van der Waals surface area contributed by atoms with Crippen LogP contribution in [0, 0.1) is 0 Å². The van der Waals surface area contributed by atoms with Crippen LogP contribution in [0.3, 0.4) is 0 Å². The maximum atomic E-state index is 12.1. The lowest BCUT2D eigenvalue weighted by Crippen LogP contribution is -2.25. The fourth-order valence-corrected chi connectivity index (χ4v) is 6.60. The van der Waals surface area contributed by atoms with E-state index in [1.54, 1.807) is 0 Å². The van der Waals surface area contributed by atoms with Gasteiger partial charge in [-0.1, -0.05) is 155 Å². The molecule has 0 aliphatic heterocycles. The van der Waals surface area contributed by atoms with Gasteiger partial charge in [0, 0.05) is 12.8 Å². The fourth-order valence-electron chi connectivity index (χ4n) is 5.01. The van der Waals surface area contributed by atoms with Gasteiger partial charge in [-0.05, 0) is 70.6 Å². The molecule has 0 radical (unpaired) electrons. The minimum atomic E-state index is -4.81. The molecular weight excluding hydrogens is 890 g/mol. The molecule has 5 atom stereocenters. The topological polar surface area (TPSA) is 225 Å². The number of hydrogen-bond acceptors (Lipinski definition) is 13. The van der Waals surface area contributed by atoms with E-state index in [0.29, 0.717) is 19.3 Å². The number of carbonyl (C=O) groups is 2. The number of phosphoric acid groups is 2. The molecule has 0 saturated carbocycles. The first kappa shape index (κ1) is 62.4. The van der Waals surface area contributed by atoms with Gasteiger partial charge in [-0.15, -0.1) is 0 Å². The Morgan fingerprint density at radius 1 is 0.409 bits per heavy atom. The predicted molar refractivity (Wildman–Crippen MR) is 260 cm³/mol. The summed E-state index contributed by atoms with van der Waals surface area (Å²) in [7, 11) is -9.61. The molecule has 0 heterocycles. The highest BCUT2D eigenvalue weighted by Gasteiger charge is 2.28. The van der Waals surface area contributed by atoms with E-state index in [-0.39, 0.29) is 12.8 Å². The Bertz CT molecular complexity index is 1640. The summed E-state index contributed by atoms with van der Waals surface area (Å²) in [5.41, 5.74) is 0. The average molecular weight is 969 g/mol. The second-order valence-corrected chi connectivity index (χ2v) is 17.6. The number of phosphoric ester groups is 2. The predicted octanol–water partition coefficient (Wildman–Crippen LogP) is 10.3. The first-order valence-electron chi connectivity index (χ1n) is 22.9. The van der Waals surface area contributed by atoms with E-state index >= 15 is 0 Å². The monoisotopic (exact) mass is 968 g/mol. The second kappa shape index (κ2) is 44.0. The van der Waals surface area contributed by atoms with Crippen molar-refractivity contribution < 1.29 is 71.4 Å². The zero-order valence-electron chi connectivity index (χ0n) is 39.0. The lowest BCUT2D eigenvalue weighted by molar-refractivity contribution is -0.148. The molecule has 15 nitrogen and oxygen atoms in total. The van der Waals surface area contributed by atoms with Crippen LogP contribution < -0.4 is 0 Å². The molecule has 0 aliphatic rings. The van der Waals surface area contributed by atoms with Crippen LogP contribution in [0.15, 0.2) is 122 Å². The lowest BCUT2D eigenvalue weighted by atomic mass is 10.1. The molecular formula is C49H78O15P2. The van der Waals surface area contributed by atoms with Crippen molar-refractivity contribution in [2.75, 3.05) is 39.6 Å². The zero-order chi connectivity index (χ0) is 48.8. The summed E-state index contributed by atoms with van der Waals surface area (Å²) >= 11 is 0. The lowest BCUT2D eigenvalue weighted by Gasteiger charge is -2.19. The number of ether oxygens (including phenoxy) is 2. The third-order valence-electron chi connectivity index (χ3n) is 8.52. The maximum absolute atomic E-state index is 12.1. The van der Waals surface area contributed by atoms with Gasteiger partial charge in [0.15, 0.2) is 0 Å². The van der Waals surface area contributed by atoms with E-state index in [1.165, 1.54) is 0 Å². The van der Waals surface area contributed by atoms with E-state index in [0.717, 1.165) is 70.6 Å². The zero-order valence-corrected chi connectivity index (χ0v) is 40.8. The number of rotatable bonds is 42. The fraction of sp³-hybridized carbons (Fsp3) is 0.551. The summed E-state index contributed by atoms with van der Waals surface area (Å²) in [5.74, 6) is -1.11. The molecule has 0 aromatic rings. The van der Waals surface area contributed by atoms with Crippen molar-refractivity contribution in [3.8, 4) is 0 Å². The van der Waals surface area contributed by atoms with Crippen molar-refractivity contribution in [3.05, 3.63) is 122 Å². The number of esters is 2. The minimum absolute atomic E-state index is 0.0641. The standard InChI is InChI=1S/C49H78O15P2/c1-3-5-7-9-11-13-15-17-19-20-21-22-24-26-28-30-32-34-36-38-49(54)60-40-46(51)42-62-66(57,58)64-44-47(52)43-63-65(55,56)61-41-45(50)39-59-48(53)37-35-33-31-29-27-25-23-18-16-14-12-10-8-6-4-2/h5-8,10-14,16-19,21-23,26,28,32,34,45-47,50-52H,3-4,9,15,20,24-25,27,29-31,33,35-44H2,1-2H3,(H,55,56)(H,57,58)/b7-5-,8-6+,12-10+,13-11-,16-14+,19-17-,22-21-,23-18-,28-26-,34-32-. The molecule has 374 valence electrons. The van der Waals surface area contributed by atoms with Gasteiger partial charge >= 0.3 is 27.6 Å². The van der Waals surface area contributed by atoms with E-state index < -0.39 is 85.5 Å². The van der Waals surface area contributed by atoms with Gasteiger partial charge in [-0.25, -0.2) is 9.13 Å². The molecule has 5 unspecified atom stereocenters. The van der Waals surface area contributed by atoms with E-state index in [2.05, 4.69) is 98.8 Å². The van der Waals surface area contributed by atoms with Gasteiger partial charge in [0.2, 0.25) is 0 Å². The van der Waals surface area contributed by atoms with Crippen LogP contribution in [0.5, 0.6) is 0 Å². The van der Waals surface area contributed by atoms with Crippen LogP contribution in [0.4, 0.5) is 0 Å². The highest BCUT2D eigenvalue weighted by molar-refractivity contribution is 7.47. The molecule has 0 amide bonds. The molecule has 66 heavy (non-hydrogen) atoms. The quantitative estimate of drug-likeness (QED) is 0.0126. The van der Waals surface area contributed by atoms with E-state index in [1.807, 2.05) is 54.7 Å². The molecule has 0 aliphatic carbocycles. The number of aliphatic hydroxyl groups is 3. The Morgan fingerprint density at radius 2 is 0.758 bits per heavy atom. The van der Waals surface area contributed by atoms with Crippen LogP contribution in [0.2, 0.25) is 0 Å². The van der Waals surface area contributed by atoms with Crippen molar-refractivity contribution in [3.63, 3.8) is 0 Å². The Labute approximate surface area is 393 Å². The molecule has 17 heteroatoms. The highest BCUT2D eigenvalue weighted by Crippen LogP contribution is 2.45. The van der Waals surface area contributed by atoms with Crippen LogP contribution in [0.1, 0.15) is 117 Å². The van der Waals surface area contributed by atoms with Crippen LogP contribution >= 0.6 is 15.6 Å². The average Bonchev–Trinajstić information content (AvgIpc) is 3.29. The molecule has 5 N–H and O–H groups in total. The number of hydrogen-bond donors (Lipinski definition) is 5.